The molecule has 1 aliphatic carbocycles. The summed E-state index contributed by atoms with van der Waals surface area (Å²) in [5.74, 6) is 1.39. The van der Waals surface area contributed by atoms with Crippen LogP contribution in [0.2, 0.25) is 0 Å². The largest absolute Gasteiger partial charge is 0.356 e. The van der Waals surface area contributed by atoms with Crippen LogP contribution in [0.3, 0.4) is 0 Å². The van der Waals surface area contributed by atoms with Gasteiger partial charge in [-0.3, -0.25) is 9.56 Å². The number of hydrogen-bond acceptors (Lipinski definition) is 3. The molecule has 0 saturated heterocycles. The van der Waals surface area contributed by atoms with E-state index in [4.69, 9.17) is 0 Å². The van der Waals surface area contributed by atoms with Gasteiger partial charge in [0.1, 0.15) is 18.0 Å². The van der Waals surface area contributed by atoms with E-state index >= 15 is 0 Å². The number of rotatable bonds is 6. The highest BCUT2D eigenvalue weighted by molar-refractivity contribution is 5.79. The highest BCUT2D eigenvalue weighted by atomic mass is 19.1. The third-order valence-corrected chi connectivity index (χ3v) is 5.15. The zero-order valence-electron chi connectivity index (χ0n) is 15.8. The van der Waals surface area contributed by atoms with Gasteiger partial charge in [0, 0.05) is 44.1 Å². The van der Waals surface area contributed by atoms with E-state index in [2.05, 4.69) is 25.6 Å². The number of hydrogen-bond donors (Lipinski definition) is 2. The molecule has 6 nitrogen and oxygen atoms in total. The molecular formula is C21H23FN6. The normalized spacial score (nSPS) is 15.3. The Kier molecular flexibility index (Phi) is 5.06. The van der Waals surface area contributed by atoms with Crippen LogP contribution in [-0.4, -0.2) is 34.1 Å². The number of nitrogens with one attached hydrogen (secondary N) is 2. The molecule has 0 amide bonds. The van der Waals surface area contributed by atoms with Gasteiger partial charge in [0.2, 0.25) is 0 Å². The first kappa shape index (κ1) is 18.2. The third kappa shape index (κ3) is 3.88. The molecule has 3 aromatic rings. The van der Waals surface area contributed by atoms with E-state index in [1.54, 1.807) is 25.6 Å². The average Bonchev–Trinajstić information content (AvgIpc) is 3.31. The second-order valence-corrected chi connectivity index (χ2v) is 7.03. The first-order valence-corrected chi connectivity index (χ1v) is 9.33. The van der Waals surface area contributed by atoms with Gasteiger partial charge < -0.3 is 10.6 Å². The lowest BCUT2D eigenvalue weighted by Gasteiger charge is -2.19. The predicted molar refractivity (Wildman–Crippen MR) is 107 cm³/mol. The highest BCUT2D eigenvalue weighted by Crippen LogP contribution is 2.48. The molecule has 4 rings (SSSR count). The fourth-order valence-electron chi connectivity index (χ4n) is 3.31. The summed E-state index contributed by atoms with van der Waals surface area (Å²) >= 11 is 0. The average molecular weight is 378 g/mol. The summed E-state index contributed by atoms with van der Waals surface area (Å²) in [6.45, 7) is 1.26. The maximum atomic E-state index is 14.1. The van der Waals surface area contributed by atoms with Crippen molar-refractivity contribution in [1.82, 2.24) is 25.2 Å². The number of imidazole rings is 1. The molecule has 0 bridgehead atoms. The molecule has 1 saturated carbocycles. The van der Waals surface area contributed by atoms with E-state index < -0.39 is 0 Å². The van der Waals surface area contributed by atoms with E-state index in [1.165, 1.54) is 6.07 Å². The summed E-state index contributed by atoms with van der Waals surface area (Å²) in [7, 11) is 1.73. The van der Waals surface area contributed by atoms with Crippen LogP contribution in [-0.2, 0) is 12.0 Å². The molecule has 0 radical (unpaired) electrons. The second-order valence-electron chi connectivity index (χ2n) is 7.03. The molecule has 2 N–H and O–H groups in total. The van der Waals surface area contributed by atoms with Gasteiger partial charge in [0.25, 0.3) is 0 Å². The second kappa shape index (κ2) is 7.80. The summed E-state index contributed by atoms with van der Waals surface area (Å²) in [6.07, 6.45) is 9.10. The van der Waals surface area contributed by atoms with Crippen molar-refractivity contribution in [3.05, 3.63) is 78.3 Å². The number of aromatic nitrogens is 3. The minimum atomic E-state index is -0.131. The first-order chi connectivity index (χ1) is 13.7. The maximum absolute atomic E-state index is 14.1. The Balaban J connectivity index is 1.33. The van der Waals surface area contributed by atoms with Crippen LogP contribution >= 0.6 is 0 Å². The fraction of sp³-hybridized carbons (Fsp3) is 0.286. The molecule has 1 aromatic carbocycles. The SMILES string of the molecule is CN=C(NCc1ccc(-n2ccnc2)nc1)NCC1(c2ccccc2F)CC1. The van der Waals surface area contributed by atoms with Crippen LogP contribution in [0.15, 0.2) is 66.3 Å². The monoisotopic (exact) mass is 378 g/mol. The van der Waals surface area contributed by atoms with E-state index in [-0.39, 0.29) is 11.2 Å². The van der Waals surface area contributed by atoms with Gasteiger partial charge in [-0.1, -0.05) is 24.3 Å². The first-order valence-electron chi connectivity index (χ1n) is 9.33. The number of guanidine groups is 1. The van der Waals surface area contributed by atoms with Crippen LogP contribution in [0.1, 0.15) is 24.0 Å². The number of benzene rings is 1. The van der Waals surface area contributed by atoms with Crippen LogP contribution in [0, 0.1) is 5.82 Å². The Morgan fingerprint density at radius 3 is 2.71 bits per heavy atom. The van der Waals surface area contributed by atoms with Crippen molar-refractivity contribution < 1.29 is 4.39 Å². The van der Waals surface area contributed by atoms with Crippen molar-refractivity contribution in [2.75, 3.05) is 13.6 Å². The van der Waals surface area contributed by atoms with Gasteiger partial charge >= 0.3 is 0 Å². The summed E-state index contributed by atoms with van der Waals surface area (Å²) in [4.78, 5) is 12.8. The summed E-state index contributed by atoms with van der Waals surface area (Å²) < 4.78 is 16.0. The van der Waals surface area contributed by atoms with Gasteiger partial charge in [-0.15, -0.1) is 0 Å². The summed E-state index contributed by atoms with van der Waals surface area (Å²) in [6, 6.07) is 11.0. The molecular weight excluding hydrogens is 355 g/mol. The molecule has 2 aromatic heterocycles. The minimum absolute atomic E-state index is 0.128. The summed E-state index contributed by atoms with van der Waals surface area (Å²) in [5.41, 5.74) is 1.70. The Hall–Kier alpha value is -3.22. The van der Waals surface area contributed by atoms with Crippen LogP contribution in [0.4, 0.5) is 4.39 Å². The number of aliphatic imine (C=N–C) groups is 1. The van der Waals surface area contributed by atoms with Crippen molar-refractivity contribution in [2.45, 2.75) is 24.8 Å². The predicted octanol–water partition coefficient (Wildman–Crippen LogP) is 2.80. The van der Waals surface area contributed by atoms with Gasteiger partial charge in [0.05, 0.1) is 0 Å². The van der Waals surface area contributed by atoms with Crippen molar-refractivity contribution >= 4 is 5.96 Å². The van der Waals surface area contributed by atoms with Gasteiger partial charge in [-0.2, -0.15) is 0 Å². The van der Waals surface area contributed by atoms with Gasteiger partial charge in [-0.05, 0) is 36.1 Å². The molecule has 0 unspecified atom stereocenters. The Bertz CT molecular complexity index is 945. The highest BCUT2D eigenvalue weighted by Gasteiger charge is 2.45. The molecule has 1 aliphatic rings. The zero-order chi connectivity index (χ0) is 19.4. The van der Waals surface area contributed by atoms with Gasteiger partial charge in [-0.25, -0.2) is 14.4 Å². The van der Waals surface area contributed by atoms with Crippen LogP contribution < -0.4 is 10.6 Å². The Labute approximate surface area is 163 Å². The van der Waals surface area contributed by atoms with E-state index in [9.17, 15) is 4.39 Å². The van der Waals surface area contributed by atoms with E-state index in [1.807, 2.05) is 41.2 Å². The molecule has 1 fully saturated rings. The standard InChI is InChI=1S/C21H23FN6/c1-23-20(27-14-21(8-9-21)17-4-2-3-5-18(17)22)26-13-16-6-7-19(25-12-16)28-11-10-24-15-28/h2-7,10-12,15H,8-9,13-14H2,1H3,(H2,23,26,27). The van der Waals surface area contributed by atoms with Gasteiger partial charge in [0.15, 0.2) is 5.96 Å². The molecule has 0 spiro atoms. The van der Waals surface area contributed by atoms with Crippen molar-refractivity contribution in [3.8, 4) is 5.82 Å². The lowest BCUT2D eigenvalue weighted by Crippen LogP contribution is -2.41. The lowest BCUT2D eigenvalue weighted by molar-refractivity contribution is 0.559. The fourth-order valence-corrected chi connectivity index (χ4v) is 3.31. The smallest absolute Gasteiger partial charge is 0.191 e. The molecule has 0 atom stereocenters. The van der Waals surface area contributed by atoms with Crippen molar-refractivity contribution in [3.63, 3.8) is 0 Å². The van der Waals surface area contributed by atoms with Crippen molar-refractivity contribution in [1.29, 1.82) is 0 Å². The Morgan fingerprint density at radius 1 is 1.21 bits per heavy atom. The van der Waals surface area contributed by atoms with Crippen LogP contribution in [0.25, 0.3) is 5.82 Å². The molecule has 28 heavy (non-hydrogen) atoms. The topological polar surface area (TPSA) is 67.1 Å². The van der Waals surface area contributed by atoms with E-state index in [0.717, 1.165) is 29.8 Å². The molecule has 7 heteroatoms. The minimum Gasteiger partial charge on any atom is -0.356 e. The molecule has 144 valence electrons. The molecule has 2 heterocycles. The number of halogens is 1. The number of pyridine rings is 1. The summed E-state index contributed by atoms with van der Waals surface area (Å²) in [5, 5.41) is 6.63. The zero-order valence-corrected chi connectivity index (χ0v) is 15.8. The molecule has 0 aliphatic heterocycles. The van der Waals surface area contributed by atoms with Crippen molar-refractivity contribution in [2.24, 2.45) is 4.99 Å². The van der Waals surface area contributed by atoms with E-state index in [0.29, 0.717) is 19.0 Å². The third-order valence-electron chi connectivity index (χ3n) is 5.15. The quantitative estimate of drug-likeness (QED) is 0.511. The Morgan fingerprint density at radius 2 is 2.07 bits per heavy atom. The number of nitrogens with zero attached hydrogens (tertiary/aromatic N) is 4. The lowest BCUT2D eigenvalue weighted by atomic mass is 9.95. The maximum Gasteiger partial charge on any atom is 0.191 e. The van der Waals surface area contributed by atoms with Crippen LogP contribution in [0.5, 0.6) is 0 Å².